The van der Waals surface area contributed by atoms with Gasteiger partial charge in [-0.25, -0.2) is 0 Å². The van der Waals surface area contributed by atoms with Crippen LogP contribution in [0.3, 0.4) is 0 Å². The van der Waals surface area contributed by atoms with E-state index in [0.29, 0.717) is 16.9 Å². The van der Waals surface area contributed by atoms with Gasteiger partial charge >= 0.3 is 0 Å². The molecule has 2 rings (SSSR count). The third-order valence-electron chi connectivity index (χ3n) is 3.11. The number of Topliss-reactive ketones (excluding diaryl/α,β-unsaturated/α-hetero) is 1. The molecule has 0 amide bonds. The van der Waals surface area contributed by atoms with Gasteiger partial charge in [-0.2, -0.15) is 0 Å². The fourth-order valence-electron chi connectivity index (χ4n) is 1.92. The standard InChI is InChI=1S/C16H15NO5/c1-11(18)12-4-3-7-15(9-12)22-10-16(19)13-5-2-6-14(8-13)17(20)21/h2-9,16,19H,10H2,1H3. The lowest BCUT2D eigenvalue weighted by Crippen LogP contribution is -2.10. The molecule has 0 aliphatic rings. The third kappa shape index (κ3) is 3.89. The second-order valence-electron chi connectivity index (χ2n) is 4.76. The van der Waals surface area contributed by atoms with Gasteiger partial charge in [0.25, 0.3) is 5.69 Å². The van der Waals surface area contributed by atoms with E-state index in [9.17, 15) is 20.0 Å². The quantitative estimate of drug-likeness (QED) is 0.503. The molecule has 0 spiro atoms. The summed E-state index contributed by atoms with van der Waals surface area (Å²) in [7, 11) is 0. The molecule has 2 aromatic carbocycles. The number of nitro groups is 1. The minimum absolute atomic E-state index is 0.0669. The lowest BCUT2D eigenvalue weighted by Gasteiger charge is -2.13. The van der Waals surface area contributed by atoms with Gasteiger partial charge in [-0.3, -0.25) is 14.9 Å². The molecule has 0 aliphatic heterocycles. The number of non-ortho nitro benzene ring substituents is 1. The van der Waals surface area contributed by atoms with Crippen molar-refractivity contribution in [3.05, 3.63) is 69.8 Å². The van der Waals surface area contributed by atoms with Crippen molar-refractivity contribution in [3.8, 4) is 5.75 Å². The maximum absolute atomic E-state index is 11.3. The topological polar surface area (TPSA) is 89.7 Å². The molecule has 1 atom stereocenters. The molecule has 0 fully saturated rings. The van der Waals surface area contributed by atoms with Crippen molar-refractivity contribution < 1.29 is 19.6 Å². The average Bonchev–Trinajstić information content (AvgIpc) is 2.53. The van der Waals surface area contributed by atoms with Crippen LogP contribution in [0.5, 0.6) is 5.75 Å². The van der Waals surface area contributed by atoms with Crippen LogP contribution in [0.4, 0.5) is 5.69 Å². The predicted octanol–water partition coefficient (Wildman–Crippen LogP) is 2.91. The number of nitro benzene ring substituents is 1. The van der Waals surface area contributed by atoms with E-state index in [1.54, 1.807) is 30.3 Å². The molecule has 114 valence electrons. The number of hydrogen-bond donors (Lipinski definition) is 1. The molecule has 6 heteroatoms. The highest BCUT2D eigenvalue weighted by Crippen LogP contribution is 2.21. The normalized spacial score (nSPS) is 11.7. The van der Waals surface area contributed by atoms with Crippen molar-refractivity contribution in [1.29, 1.82) is 0 Å². The number of aliphatic hydroxyl groups excluding tert-OH is 1. The van der Waals surface area contributed by atoms with Crippen molar-refractivity contribution in [2.75, 3.05) is 6.61 Å². The van der Waals surface area contributed by atoms with E-state index in [1.165, 1.54) is 25.1 Å². The molecule has 22 heavy (non-hydrogen) atoms. The summed E-state index contributed by atoms with van der Waals surface area (Å²) in [6.07, 6.45) is -0.999. The smallest absolute Gasteiger partial charge is 0.269 e. The fraction of sp³-hybridized carbons (Fsp3) is 0.188. The van der Waals surface area contributed by atoms with Crippen molar-refractivity contribution in [2.45, 2.75) is 13.0 Å². The molecule has 0 aromatic heterocycles. The number of nitrogens with zero attached hydrogens (tertiary/aromatic N) is 1. The Bertz CT molecular complexity index is 698. The minimum Gasteiger partial charge on any atom is -0.491 e. The number of benzene rings is 2. The Labute approximate surface area is 127 Å². The van der Waals surface area contributed by atoms with Crippen LogP contribution >= 0.6 is 0 Å². The van der Waals surface area contributed by atoms with Gasteiger partial charge in [0.05, 0.1) is 4.92 Å². The van der Waals surface area contributed by atoms with Crippen molar-refractivity contribution >= 4 is 11.5 Å². The zero-order valence-electron chi connectivity index (χ0n) is 11.9. The zero-order valence-corrected chi connectivity index (χ0v) is 11.9. The van der Waals surface area contributed by atoms with Crippen molar-refractivity contribution in [2.24, 2.45) is 0 Å². The van der Waals surface area contributed by atoms with E-state index in [0.717, 1.165) is 0 Å². The summed E-state index contributed by atoms with van der Waals surface area (Å²) in [6, 6.07) is 12.4. The average molecular weight is 301 g/mol. The summed E-state index contributed by atoms with van der Waals surface area (Å²) >= 11 is 0. The summed E-state index contributed by atoms with van der Waals surface area (Å²) in [6.45, 7) is 1.39. The van der Waals surface area contributed by atoms with Crippen LogP contribution in [0.2, 0.25) is 0 Å². The number of ether oxygens (including phenoxy) is 1. The highest BCUT2D eigenvalue weighted by molar-refractivity contribution is 5.94. The van der Waals surface area contributed by atoms with Crippen LogP contribution in [0.1, 0.15) is 28.9 Å². The summed E-state index contributed by atoms with van der Waals surface area (Å²) in [5.41, 5.74) is 0.828. The summed E-state index contributed by atoms with van der Waals surface area (Å²) in [4.78, 5) is 21.5. The first-order chi connectivity index (χ1) is 10.5. The molecule has 0 heterocycles. The molecule has 0 saturated carbocycles. The maximum Gasteiger partial charge on any atom is 0.269 e. The number of rotatable bonds is 6. The van der Waals surface area contributed by atoms with E-state index in [2.05, 4.69) is 0 Å². The van der Waals surface area contributed by atoms with Gasteiger partial charge in [-0.15, -0.1) is 0 Å². The molecule has 0 aliphatic carbocycles. The van der Waals surface area contributed by atoms with Gasteiger partial charge in [-0.05, 0) is 24.6 Å². The monoisotopic (exact) mass is 301 g/mol. The first-order valence-electron chi connectivity index (χ1n) is 6.63. The number of hydrogen-bond acceptors (Lipinski definition) is 5. The maximum atomic E-state index is 11.3. The van der Waals surface area contributed by atoms with Crippen LogP contribution in [0.15, 0.2) is 48.5 Å². The van der Waals surface area contributed by atoms with Gasteiger partial charge in [0.15, 0.2) is 5.78 Å². The largest absolute Gasteiger partial charge is 0.491 e. The Balaban J connectivity index is 2.05. The Kier molecular flexibility index (Phi) is 4.85. The van der Waals surface area contributed by atoms with E-state index in [-0.39, 0.29) is 18.1 Å². The highest BCUT2D eigenvalue weighted by atomic mass is 16.6. The lowest BCUT2D eigenvalue weighted by atomic mass is 10.1. The summed E-state index contributed by atoms with van der Waals surface area (Å²) in [5, 5.41) is 20.8. The molecular formula is C16H15NO5. The summed E-state index contributed by atoms with van der Waals surface area (Å²) in [5.74, 6) is 0.377. The van der Waals surface area contributed by atoms with E-state index in [1.807, 2.05) is 0 Å². The molecule has 6 nitrogen and oxygen atoms in total. The molecule has 0 radical (unpaired) electrons. The number of carbonyl (C=O) groups is 1. The van der Waals surface area contributed by atoms with Crippen LogP contribution in [-0.4, -0.2) is 22.4 Å². The predicted molar refractivity (Wildman–Crippen MR) is 80.0 cm³/mol. The van der Waals surface area contributed by atoms with E-state index >= 15 is 0 Å². The Morgan fingerprint density at radius 3 is 2.68 bits per heavy atom. The van der Waals surface area contributed by atoms with Gasteiger partial charge < -0.3 is 9.84 Å². The van der Waals surface area contributed by atoms with E-state index in [4.69, 9.17) is 4.74 Å². The third-order valence-corrected chi connectivity index (χ3v) is 3.11. The number of aliphatic hydroxyl groups is 1. The van der Waals surface area contributed by atoms with Crippen LogP contribution in [0, 0.1) is 10.1 Å². The molecule has 0 bridgehead atoms. The fourth-order valence-corrected chi connectivity index (χ4v) is 1.92. The SMILES string of the molecule is CC(=O)c1cccc(OCC(O)c2cccc([N+](=O)[O-])c2)c1. The number of carbonyl (C=O) groups excluding carboxylic acids is 1. The number of ketones is 1. The van der Waals surface area contributed by atoms with Gasteiger partial charge in [0, 0.05) is 17.7 Å². The first-order valence-corrected chi connectivity index (χ1v) is 6.63. The molecule has 1 N–H and O–H groups in total. The van der Waals surface area contributed by atoms with Gasteiger partial charge in [0.1, 0.15) is 18.5 Å². The lowest BCUT2D eigenvalue weighted by molar-refractivity contribution is -0.385. The molecule has 0 saturated heterocycles. The zero-order chi connectivity index (χ0) is 16.1. The Morgan fingerprint density at radius 2 is 2.00 bits per heavy atom. The van der Waals surface area contributed by atoms with Crippen molar-refractivity contribution in [3.63, 3.8) is 0 Å². The molecular weight excluding hydrogens is 286 g/mol. The first kappa shape index (κ1) is 15.7. The highest BCUT2D eigenvalue weighted by Gasteiger charge is 2.13. The van der Waals surface area contributed by atoms with Crippen LogP contribution in [-0.2, 0) is 0 Å². The second kappa shape index (κ2) is 6.82. The second-order valence-corrected chi connectivity index (χ2v) is 4.76. The molecule has 1 unspecified atom stereocenters. The Hall–Kier alpha value is -2.73. The van der Waals surface area contributed by atoms with E-state index < -0.39 is 11.0 Å². The minimum atomic E-state index is -0.999. The van der Waals surface area contributed by atoms with Crippen molar-refractivity contribution in [1.82, 2.24) is 0 Å². The van der Waals surface area contributed by atoms with Crippen LogP contribution < -0.4 is 4.74 Å². The molecule has 2 aromatic rings. The van der Waals surface area contributed by atoms with Crippen LogP contribution in [0.25, 0.3) is 0 Å². The summed E-state index contributed by atoms with van der Waals surface area (Å²) < 4.78 is 5.44. The Morgan fingerprint density at radius 1 is 1.27 bits per heavy atom. The van der Waals surface area contributed by atoms with Gasteiger partial charge in [0.2, 0.25) is 0 Å². The van der Waals surface area contributed by atoms with Gasteiger partial charge in [-0.1, -0.05) is 24.3 Å².